The highest BCUT2D eigenvalue weighted by molar-refractivity contribution is 8.00. The average Bonchev–Trinajstić information content (AvgIpc) is 2.68. The van der Waals surface area contributed by atoms with Crippen molar-refractivity contribution in [3.8, 4) is 0 Å². The second-order valence-corrected chi connectivity index (χ2v) is 8.12. The fraction of sp³-hybridized carbons (Fsp3) is 0.0952. The van der Waals surface area contributed by atoms with Gasteiger partial charge in [0.2, 0.25) is 5.91 Å². The lowest BCUT2D eigenvalue weighted by Gasteiger charge is -2.07. The topological polar surface area (TPSA) is 29.1 Å². The molecule has 3 aromatic rings. The number of halogens is 1. The number of hydrogen-bond acceptors (Lipinski definition) is 3. The third kappa shape index (κ3) is 6.13. The zero-order chi connectivity index (χ0) is 18.2. The molecule has 0 unspecified atom stereocenters. The monoisotopic (exact) mass is 399 g/mol. The first-order chi connectivity index (χ1) is 12.7. The van der Waals surface area contributed by atoms with Crippen LogP contribution in [0, 0.1) is 0 Å². The molecule has 0 radical (unpaired) electrons. The molecule has 0 heterocycles. The summed E-state index contributed by atoms with van der Waals surface area (Å²) in [5.41, 5.74) is 2.05. The molecule has 0 aliphatic carbocycles. The number of carbonyl (C=O) groups is 1. The Morgan fingerprint density at radius 1 is 0.808 bits per heavy atom. The first kappa shape index (κ1) is 18.9. The molecule has 0 aliphatic heterocycles. The first-order valence-corrected chi connectivity index (χ1v) is 10.5. The summed E-state index contributed by atoms with van der Waals surface area (Å²) < 4.78 is 0. The SMILES string of the molecule is O=C(CSc1ccc(Cl)cc1)Nc1ccc(CSc2ccccc2)cc1. The van der Waals surface area contributed by atoms with Crippen molar-refractivity contribution < 1.29 is 4.79 Å². The number of rotatable bonds is 7. The molecule has 2 nitrogen and oxygen atoms in total. The molecule has 26 heavy (non-hydrogen) atoms. The molecule has 0 aromatic heterocycles. The predicted molar refractivity (Wildman–Crippen MR) is 113 cm³/mol. The van der Waals surface area contributed by atoms with E-state index >= 15 is 0 Å². The van der Waals surface area contributed by atoms with E-state index in [1.807, 2.05) is 54.6 Å². The van der Waals surface area contributed by atoms with Crippen molar-refractivity contribution in [2.45, 2.75) is 15.5 Å². The Bertz CT molecular complexity index is 836. The van der Waals surface area contributed by atoms with E-state index in [1.165, 1.54) is 22.2 Å². The molecule has 0 saturated heterocycles. The lowest BCUT2D eigenvalue weighted by atomic mass is 10.2. The molecule has 0 fully saturated rings. The molecule has 0 bridgehead atoms. The minimum absolute atomic E-state index is 0.0173. The Hall–Kier alpha value is -1.88. The van der Waals surface area contributed by atoms with Gasteiger partial charge in [-0.3, -0.25) is 4.79 Å². The highest BCUT2D eigenvalue weighted by atomic mass is 35.5. The standard InChI is InChI=1S/C21H18ClNOS2/c22-17-8-12-20(13-9-17)26-15-21(24)23-18-10-6-16(7-11-18)14-25-19-4-2-1-3-5-19/h1-13H,14-15H2,(H,23,24). The first-order valence-electron chi connectivity index (χ1n) is 8.14. The van der Waals surface area contributed by atoms with Crippen LogP contribution >= 0.6 is 35.1 Å². The van der Waals surface area contributed by atoms with Crippen molar-refractivity contribution in [3.05, 3.63) is 89.4 Å². The molecular weight excluding hydrogens is 382 g/mol. The van der Waals surface area contributed by atoms with Crippen molar-refractivity contribution in [2.75, 3.05) is 11.1 Å². The Kier molecular flexibility index (Phi) is 7.06. The van der Waals surface area contributed by atoms with E-state index in [4.69, 9.17) is 11.6 Å². The van der Waals surface area contributed by atoms with Crippen molar-refractivity contribution in [1.82, 2.24) is 0 Å². The highest BCUT2D eigenvalue weighted by Gasteiger charge is 2.04. The highest BCUT2D eigenvalue weighted by Crippen LogP contribution is 2.23. The Morgan fingerprint density at radius 3 is 2.15 bits per heavy atom. The summed E-state index contributed by atoms with van der Waals surface area (Å²) in [5.74, 6) is 1.26. The number of amides is 1. The second kappa shape index (κ2) is 9.72. The van der Waals surface area contributed by atoms with Crippen LogP contribution in [0.2, 0.25) is 5.02 Å². The van der Waals surface area contributed by atoms with E-state index in [0.717, 1.165) is 16.3 Å². The van der Waals surface area contributed by atoms with E-state index in [2.05, 4.69) is 29.6 Å². The third-order valence-electron chi connectivity index (χ3n) is 3.57. The van der Waals surface area contributed by atoms with Crippen molar-refractivity contribution >= 4 is 46.7 Å². The number of hydrogen-bond donors (Lipinski definition) is 1. The maximum Gasteiger partial charge on any atom is 0.234 e. The fourth-order valence-electron chi connectivity index (χ4n) is 2.24. The predicted octanol–water partition coefficient (Wildman–Crippen LogP) is 6.36. The van der Waals surface area contributed by atoms with Crippen molar-refractivity contribution in [2.24, 2.45) is 0 Å². The molecule has 0 aliphatic rings. The van der Waals surface area contributed by atoms with Gasteiger partial charge in [0, 0.05) is 26.3 Å². The third-order valence-corrected chi connectivity index (χ3v) is 5.92. The van der Waals surface area contributed by atoms with Crippen LogP contribution < -0.4 is 5.32 Å². The maximum atomic E-state index is 12.1. The quantitative estimate of drug-likeness (QED) is 0.468. The van der Waals surface area contributed by atoms with Crippen molar-refractivity contribution in [1.29, 1.82) is 0 Å². The van der Waals surface area contributed by atoms with Gasteiger partial charge in [-0.2, -0.15) is 0 Å². The summed E-state index contributed by atoms with van der Waals surface area (Å²) in [6, 6.07) is 25.8. The Labute approximate surface area is 167 Å². The van der Waals surface area contributed by atoms with Crippen LogP contribution in [0.1, 0.15) is 5.56 Å². The normalized spacial score (nSPS) is 10.5. The van der Waals surface area contributed by atoms with Gasteiger partial charge in [-0.1, -0.05) is 41.9 Å². The van der Waals surface area contributed by atoms with Crippen molar-refractivity contribution in [3.63, 3.8) is 0 Å². The molecule has 0 saturated carbocycles. The molecule has 1 amide bonds. The van der Waals surface area contributed by atoms with Gasteiger partial charge in [0.25, 0.3) is 0 Å². The number of carbonyl (C=O) groups excluding carboxylic acids is 1. The van der Waals surface area contributed by atoms with Crippen LogP contribution in [-0.2, 0) is 10.5 Å². The maximum absolute atomic E-state index is 12.1. The van der Waals surface area contributed by atoms with Gasteiger partial charge in [-0.25, -0.2) is 0 Å². The lowest BCUT2D eigenvalue weighted by Crippen LogP contribution is -2.13. The summed E-state index contributed by atoms with van der Waals surface area (Å²) in [7, 11) is 0. The summed E-state index contributed by atoms with van der Waals surface area (Å²) in [4.78, 5) is 14.4. The number of benzene rings is 3. The largest absolute Gasteiger partial charge is 0.325 e. The molecular formula is C21H18ClNOS2. The second-order valence-electron chi connectivity index (χ2n) is 5.59. The molecule has 3 rings (SSSR count). The number of nitrogens with one attached hydrogen (secondary N) is 1. The van der Waals surface area contributed by atoms with E-state index in [9.17, 15) is 4.79 Å². The zero-order valence-corrected chi connectivity index (χ0v) is 16.4. The summed E-state index contributed by atoms with van der Waals surface area (Å²) in [5, 5.41) is 3.63. The summed E-state index contributed by atoms with van der Waals surface area (Å²) in [6.07, 6.45) is 0. The summed E-state index contributed by atoms with van der Waals surface area (Å²) in [6.45, 7) is 0. The molecule has 3 aromatic carbocycles. The molecule has 0 spiro atoms. The van der Waals surface area contributed by atoms with E-state index in [-0.39, 0.29) is 5.91 Å². The van der Waals surface area contributed by atoms with Crippen LogP contribution in [0.25, 0.3) is 0 Å². The minimum Gasteiger partial charge on any atom is -0.325 e. The van der Waals surface area contributed by atoms with E-state index in [1.54, 1.807) is 11.8 Å². The average molecular weight is 400 g/mol. The van der Waals surface area contributed by atoms with Gasteiger partial charge in [-0.05, 0) is 54.1 Å². The fourth-order valence-corrected chi connectivity index (χ4v) is 3.94. The molecule has 0 atom stereocenters. The van der Waals surface area contributed by atoms with Crippen LogP contribution in [0.5, 0.6) is 0 Å². The Morgan fingerprint density at radius 2 is 1.46 bits per heavy atom. The van der Waals surface area contributed by atoms with Gasteiger partial charge < -0.3 is 5.32 Å². The van der Waals surface area contributed by atoms with Gasteiger partial charge in [0.1, 0.15) is 0 Å². The summed E-state index contributed by atoms with van der Waals surface area (Å²) >= 11 is 9.15. The van der Waals surface area contributed by atoms with Crippen LogP contribution in [-0.4, -0.2) is 11.7 Å². The zero-order valence-electron chi connectivity index (χ0n) is 14.0. The molecule has 1 N–H and O–H groups in total. The minimum atomic E-state index is -0.0173. The number of anilines is 1. The smallest absolute Gasteiger partial charge is 0.234 e. The van der Waals surface area contributed by atoms with Gasteiger partial charge >= 0.3 is 0 Å². The lowest BCUT2D eigenvalue weighted by molar-refractivity contribution is -0.113. The van der Waals surface area contributed by atoms with E-state index in [0.29, 0.717) is 10.8 Å². The molecule has 5 heteroatoms. The van der Waals surface area contributed by atoms with Gasteiger partial charge in [-0.15, -0.1) is 23.5 Å². The van der Waals surface area contributed by atoms with Gasteiger partial charge in [0.15, 0.2) is 0 Å². The number of thioether (sulfide) groups is 2. The van der Waals surface area contributed by atoms with E-state index < -0.39 is 0 Å². The van der Waals surface area contributed by atoms with Crippen LogP contribution in [0.3, 0.4) is 0 Å². The van der Waals surface area contributed by atoms with Crippen LogP contribution in [0.4, 0.5) is 5.69 Å². The Balaban J connectivity index is 1.45. The van der Waals surface area contributed by atoms with Gasteiger partial charge in [0.05, 0.1) is 5.75 Å². The molecule has 132 valence electrons. The van der Waals surface area contributed by atoms with Crippen LogP contribution in [0.15, 0.2) is 88.7 Å².